The zero-order valence-corrected chi connectivity index (χ0v) is 31.1. The summed E-state index contributed by atoms with van der Waals surface area (Å²) in [6.45, 7) is 11.5. The Morgan fingerprint density at radius 1 is 0.980 bits per heavy atom. The molecule has 7 nitrogen and oxygen atoms in total. The summed E-state index contributed by atoms with van der Waals surface area (Å²) in [5, 5.41) is 25.0. The van der Waals surface area contributed by atoms with Crippen LogP contribution in [0.2, 0.25) is 0 Å². The SMILES string of the molecule is C=CCOC12Oc3ccc(Oc4ccc(C)c(C)c4)cc3C3C(CCCCO)C(CCCCO)C=C(C(=NOCC)CC1SC1CCCC1)C32. The lowest BCUT2D eigenvalue weighted by Crippen LogP contribution is -2.64. The van der Waals surface area contributed by atoms with E-state index in [4.69, 9.17) is 24.2 Å². The first-order valence-electron chi connectivity index (χ1n) is 19.0. The van der Waals surface area contributed by atoms with Gasteiger partial charge in [0.15, 0.2) is 0 Å². The molecule has 1 aliphatic heterocycles. The number of aryl methyl sites for hydroxylation is 2. The molecule has 50 heavy (non-hydrogen) atoms. The van der Waals surface area contributed by atoms with Gasteiger partial charge in [0, 0.05) is 36.4 Å². The van der Waals surface area contributed by atoms with E-state index in [1.54, 1.807) is 0 Å². The number of nitrogens with zero attached hydrogens (tertiary/aromatic N) is 1. The van der Waals surface area contributed by atoms with Gasteiger partial charge < -0.3 is 29.3 Å². The predicted octanol–water partition coefficient (Wildman–Crippen LogP) is 9.43. The second kappa shape index (κ2) is 17.2. The van der Waals surface area contributed by atoms with E-state index < -0.39 is 5.79 Å². The van der Waals surface area contributed by atoms with Crippen molar-refractivity contribution in [2.75, 3.05) is 26.4 Å². The second-order valence-electron chi connectivity index (χ2n) is 14.6. The fourth-order valence-corrected chi connectivity index (χ4v) is 10.6. The Hall–Kier alpha value is -2.78. The van der Waals surface area contributed by atoms with E-state index in [-0.39, 0.29) is 42.1 Å². The van der Waals surface area contributed by atoms with Gasteiger partial charge in [-0.15, -0.1) is 18.3 Å². The average Bonchev–Trinajstić information content (AvgIpc) is 3.64. The Kier molecular flexibility index (Phi) is 12.7. The zero-order valence-electron chi connectivity index (χ0n) is 30.3. The summed E-state index contributed by atoms with van der Waals surface area (Å²) in [7, 11) is 0. The minimum atomic E-state index is -0.919. The summed E-state index contributed by atoms with van der Waals surface area (Å²) in [5.41, 5.74) is 5.75. The summed E-state index contributed by atoms with van der Waals surface area (Å²) >= 11 is 2.03. The van der Waals surface area contributed by atoms with Crippen molar-refractivity contribution in [2.24, 2.45) is 22.9 Å². The lowest BCUT2D eigenvalue weighted by molar-refractivity contribution is -0.223. The molecule has 0 radical (unpaired) electrons. The Balaban J connectivity index is 1.52. The molecule has 3 aliphatic carbocycles. The highest BCUT2D eigenvalue weighted by Crippen LogP contribution is 2.63. The van der Waals surface area contributed by atoms with Gasteiger partial charge in [0.1, 0.15) is 23.9 Å². The van der Waals surface area contributed by atoms with Crippen molar-refractivity contribution in [3.05, 3.63) is 77.4 Å². The summed E-state index contributed by atoms with van der Waals surface area (Å²) in [4.78, 5) is 5.85. The van der Waals surface area contributed by atoms with Crippen molar-refractivity contribution in [1.29, 1.82) is 0 Å². The number of oxime groups is 1. The van der Waals surface area contributed by atoms with Crippen LogP contribution in [0.15, 0.2) is 65.9 Å². The number of hydrogen-bond donors (Lipinski definition) is 2. The van der Waals surface area contributed by atoms with Crippen LogP contribution in [0.3, 0.4) is 0 Å². The van der Waals surface area contributed by atoms with Gasteiger partial charge in [-0.2, -0.15) is 0 Å². The number of fused-ring (bicyclic) bond motifs is 2. The number of aliphatic hydroxyl groups excluding tert-OH is 2. The van der Waals surface area contributed by atoms with Gasteiger partial charge in [-0.1, -0.05) is 49.1 Å². The fourth-order valence-electron chi connectivity index (χ4n) is 8.82. The molecule has 2 aromatic rings. The molecule has 2 aromatic carbocycles. The van der Waals surface area contributed by atoms with Crippen molar-refractivity contribution in [3.8, 4) is 17.2 Å². The fraction of sp³-hybridized carbons (Fsp3) is 0.595. The van der Waals surface area contributed by atoms with Crippen LogP contribution < -0.4 is 9.47 Å². The molecule has 2 N–H and O–H groups in total. The highest BCUT2D eigenvalue weighted by molar-refractivity contribution is 8.00. The highest BCUT2D eigenvalue weighted by Gasteiger charge is 2.64. The molecule has 0 spiro atoms. The Morgan fingerprint density at radius 2 is 1.72 bits per heavy atom. The number of benzene rings is 2. The van der Waals surface area contributed by atoms with Crippen LogP contribution in [0.4, 0.5) is 0 Å². The van der Waals surface area contributed by atoms with Gasteiger partial charge in [-0.3, -0.25) is 0 Å². The molecule has 0 saturated heterocycles. The third kappa shape index (κ3) is 7.84. The third-order valence-corrected chi connectivity index (χ3v) is 13.0. The molecule has 1 heterocycles. The van der Waals surface area contributed by atoms with Gasteiger partial charge >= 0.3 is 0 Å². The first-order chi connectivity index (χ1) is 24.4. The number of aliphatic hydroxyl groups is 2. The molecule has 4 aliphatic rings. The Morgan fingerprint density at radius 3 is 2.44 bits per heavy atom. The van der Waals surface area contributed by atoms with Crippen LogP contribution in [0.1, 0.15) is 100 Å². The van der Waals surface area contributed by atoms with E-state index in [9.17, 15) is 10.2 Å². The Bertz CT molecular complexity index is 1520. The second-order valence-corrected chi connectivity index (χ2v) is 16.1. The maximum atomic E-state index is 9.86. The largest absolute Gasteiger partial charge is 0.460 e. The molecule has 272 valence electrons. The summed E-state index contributed by atoms with van der Waals surface area (Å²) in [6, 6.07) is 12.5. The van der Waals surface area contributed by atoms with Crippen molar-refractivity contribution >= 4 is 17.5 Å². The summed E-state index contributed by atoms with van der Waals surface area (Å²) in [6.07, 6.45) is 15.3. The number of unbranched alkanes of at least 4 members (excludes halogenated alkanes) is 2. The minimum absolute atomic E-state index is 0.0121. The molecule has 0 aromatic heterocycles. The smallest absolute Gasteiger partial charge is 0.230 e. The van der Waals surface area contributed by atoms with Crippen molar-refractivity contribution < 1.29 is 29.3 Å². The zero-order chi connectivity index (χ0) is 35.1. The normalized spacial score (nSPS) is 28.1. The first kappa shape index (κ1) is 37.0. The van der Waals surface area contributed by atoms with E-state index in [0.717, 1.165) is 67.0 Å². The highest BCUT2D eigenvalue weighted by atomic mass is 32.2. The summed E-state index contributed by atoms with van der Waals surface area (Å²) in [5.74, 6) is 2.00. The van der Waals surface area contributed by atoms with Crippen LogP contribution in [-0.4, -0.2) is 58.6 Å². The summed E-state index contributed by atoms with van der Waals surface area (Å²) < 4.78 is 20.9. The van der Waals surface area contributed by atoms with Crippen LogP contribution in [0.25, 0.3) is 0 Å². The van der Waals surface area contributed by atoms with Crippen molar-refractivity contribution in [1.82, 2.24) is 0 Å². The van der Waals surface area contributed by atoms with Gasteiger partial charge in [0.2, 0.25) is 5.79 Å². The van der Waals surface area contributed by atoms with Crippen LogP contribution in [-0.2, 0) is 9.57 Å². The molecule has 2 saturated carbocycles. The van der Waals surface area contributed by atoms with E-state index in [1.165, 1.54) is 42.4 Å². The van der Waals surface area contributed by atoms with Gasteiger partial charge in [-0.05, 0) is 118 Å². The van der Waals surface area contributed by atoms with Gasteiger partial charge in [-0.25, -0.2) is 0 Å². The van der Waals surface area contributed by atoms with E-state index >= 15 is 0 Å². The standard InChI is InChI=1S/C42H57NO6S/c1-5-23-46-42-39(50-33-14-7-8-15-33)27-37(43-47-6-2)35-25-30(13-9-11-21-44)34(16-10-12-22-45)40(41(35)42)36-26-32(19-20-38(36)49-42)48-31-18-17-28(3)29(4)24-31/h5,17-20,24-26,30,33-34,39-41,44-45H,1,6-16,21-23,27H2,2-4H3. The molecule has 6 rings (SSSR count). The minimum Gasteiger partial charge on any atom is -0.460 e. The van der Waals surface area contributed by atoms with E-state index in [1.807, 2.05) is 36.9 Å². The molecular formula is C42H57NO6S. The molecule has 8 heteroatoms. The maximum Gasteiger partial charge on any atom is 0.230 e. The van der Waals surface area contributed by atoms with Crippen LogP contribution in [0, 0.1) is 31.6 Å². The number of thioether (sulfide) groups is 1. The number of rotatable bonds is 17. The number of ether oxygens (including phenoxy) is 3. The Labute approximate surface area is 303 Å². The lowest BCUT2D eigenvalue weighted by Gasteiger charge is -2.58. The number of hydrogen-bond acceptors (Lipinski definition) is 8. The quantitative estimate of drug-likeness (QED) is 0.0964. The lowest BCUT2D eigenvalue weighted by atomic mass is 9.56. The molecule has 2 fully saturated rings. The van der Waals surface area contributed by atoms with Crippen LogP contribution >= 0.6 is 11.8 Å². The molecule has 0 bridgehead atoms. The van der Waals surface area contributed by atoms with Gasteiger partial charge in [0.05, 0.1) is 23.5 Å². The van der Waals surface area contributed by atoms with Crippen LogP contribution in [0.5, 0.6) is 17.2 Å². The molecule has 6 atom stereocenters. The molecular weight excluding hydrogens is 647 g/mol. The third-order valence-electron chi connectivity index (χ3n) is 11.3. The van der Waals surface area contributed by atoms with Gasteiger partial charge in [0.25, 0.3) is 0 Å². The molecule has 6 unspecified atom stereocenters. The molecule has 0 amide bonds. The first-order valence-corrected chi connectivity index (χ1v) is 20.0. The monoisotopic (exact) mass is 703 g/mol. The predicted molar refractivity (Wildman–Crippen MR) is 202 cm³/mol. The maximum absolute atomic E-state index is 9.86. The van der Waals surface area contributed by atoms with E-state index in [2.05, 4.69) is 50.8 Å². The van der Waals surface area contributed by atoms with Crippen molar-refractivity contribution in [2.45, 2.75) is 114 Å². The van der Waals surface area contributed by atoms with E-state index in [0.29, 0.717) is 24.9 Å². The van der Waals surface area contributed by atoms with Crippen molar-refractivity contribution in [3.63, 3.8) is 0 Å². The average molecular weight is 704 g/mol. The topological polar surface area (TPSA) is 89.7 Å². The number of allylic oxidation sites excluding steroid dienone is 1.